The first-order valence-corrected chi connectivity index (χ1v) is 9.82. The van der Waals surface area contributed by atoms with E-state index in [1.54, 1.807) is 18.0 Å². The van der Waals surface area contributed by atoms with E-state index in [9.17, 15) is 4.79 Å². The summed E-state index contributed by atoms with van der Waals surface area (Å²) in [5, 5.41) is 0. The molecule has 2 aromatic heterocycles. The van der Waals surface area contributed by atoms with Crippen molar-refractivity contribution < 1.29 is 4.74 Å². The molecule has 0 radical (unpaired) electrons. The van der Waals surface area contributed by atoms with Gasteiger partial charge in [0.1, 0.15) is 4.70 Å². The van der Waals surface area contributed by atoms with Gasteiger partial charge in [-0.25, -0.2) is 4.98 Å². The third-order valence-corrected chi connectivity index (χ3v) is 6.16. The van der Waals surface area contributed by atoms with E-state index in [1.165, 1.54) is 11.3 Å². The highest BCUT2D eigenvalue weighted by Crippen LogP contribution is 2.30. The Kier molecular flexibility index (Phi) is 5.15. The standard InChI is InChI=1S/C20H23N3O2S/c1-25-10-9-22-8-7-15(12-22)13-23-14-21-17-11-18(26-19(17)20(23)24)16-5-3-2-4-6-16/h2-6,11,14-15H,7-10,12-13H2,1H3. The Morgan fingerprint density at radius 3 is 2.96 bits per heavy atom. The van der Waals surface area contributed by atoms with Gasteiger partial charge in [-0.2, -0.15) is 0 Å². The van der Waals surface area contributed by atoms with Crippen LogP contribution in [0.1, 0.15) is 6.42 Å². The molecule has 6 heteroatoms. The summed E-state index contributed by atoms with van der Waals surface area (Å²) >= 11 is 1.54. The number of aromatic nitrogens is 2. The fraction of sp³-hybridized carbons (Fsp3) is 0.400. The normalized spacial score (nSPS) is 18.0. The molecular formula is C20H23N3O2S. The maximum Gasteiger partial charge on any atom is 0.271 e. The first kappa shape index (κ1) is 17.4. The molecule has 0 spiro atoms. The van der Waals surface area contributed by atoms with Gasteiger partial charge in [0.25, 0.3) is 5.56 Å². The highest BCUT2D eigenvalue weighted by molar-refractivity contribution is 7.22. The molecule has 1 aliphatic heterocycles. The maximum atomic E-state index is 12.9. The lowest BCUT2D eigenvalue weighted by Gasteiger charge is -2.15. The van der Waals surface area contributed by atoms with Crippen LogP contribution in [-0.2, 0) is 11.3 Å². The lowest BCUT2D eigenvalue weighted by molar-refractivity contribution is 0.158. The first-order chi connectivity index (χ1) is 12.7. The van der Waals surface area contributed by atoms with E-state index >= 15 is 0 Å². The number of hydrogen-bond donors (Lipinski definition) is 0. The highest BCUT2D eigenvalue weighted by Gasteiger charge is 2.23. The first-order valence-electron chi connectivity index (χ1n) is 9.00. The second-order valence-electron chi connectivity index (χ2n) is 6.84. The Hall–Kier alpha value is -2.02. The molecule has 0 aliphatic carbocycles. The molecule has 1 aliphatic rings. The van der Waals surface area contributed by atoms with Crippen molar-refractivity contribution in [3.05, 3.63) is 53.1 Å². The molecule has 1 unspecified atom stereocenters. The zero-order valence-corrected chi connectivity index (χ0v) is 15.7. The Balaban J connectivity index is 1.54. The minimum absolute atomic E-state index is 0.0810. The van der Waals surface area contributed by atoms with Crippen LogP contribution in [0.15, 0.2) is 47.5 Å². The van der Waals surface area contributed by atoms with Gasteiger partial charge in [-0.1, -0.05) is 30.3 Å². The Morgan fingerprint density at radius 1 is 1.31 bits per heavy atom. The van der Waals surface area contributed by atoms with Crippen molar-refractivity contribution in [1.82, 2.24) is 14.5 Å². The molecule has 1 atom stereocenters. The molecule has 5 nitrogen and oxygen atoms in total. The molecule has 0 N–H and O–H groups in total. The third kappa shape index (κ3) is 3.58. The van der Waals surface area contributed by atoms with E-state index < -0.39 is 0 Å². The fourth-order valence-corrected chi connectivity index (χ4v) is 4.65. The van der Waals surface area contributed by atoms with Crippen LogP contribution in [-0.4, -0.2) is 47.8 Å². The number of thiophene rings is 1. The molecule has 1 saturated heterocycles. The summed E-state index contributed by atoms with van der Waals surface area (Å²) in [5.41, 5.74) is 2.01. The van der Waals surface area contributed by atoms with E-state index in [0.29, 0.717) is 5.92 Å². The van der Waals surface area contributed by atoms with Crippen molar-refractivity contribution in [1.29, 1.82) is 0 Å². The van der Waals surface area contributed by atoms with Crippen LogP contribution in [0, 0.1) is 5.92 Å². The smallest absolute Gasteiger partial charge is 0.271 e. The monoisotopic (exact) mass is 369 g/mol. The largest absolute Gasteiger partial charge is 0.383 e. The number of likely N-dealkylation sites (tertiary alicyclic amines) is 1. The lowest BCUT2D eigenvalue weighted by atomic mass is 10.1. The molecule has 1 aromatic carbocycles. The number of fused-ring (bicyclic) bond motifs is 1. The molecule has 4 rings (SSSR count). The second kappa shape index (κ2) is 7.70. The van der Waals surface area contributed by atoms with Crippen molar-refractivity contribution >= 4 is 21.6 Å². The predicted molar refractivity (Wildman–Crippen MR) is 106 cm³/mol. The third-order valence-electron chi connectivity index (χ3n) is 5.00. The van der Waals surface area contributed by atoms with Gasteiger partial charge in [0.2, 0.25) is 0 Å². The number of rotatable bonds is 6. The van der Waals surface area contributed by atoms with Gasteiger partial charge < -0.3 is 9.64 Å². The van der Waals surface area contributed by atoms with E-state index in [4.69, 9.17) is 4.74 Å². The van der Waals surface area contributed by atoms with Crippen molar-refractivity contribution in [2.75, 3.05) is 33.4 Å². The number of methoxy groups -OCH3 is 1. The van der Waals surface area contributed by atoms with E-state index in [-0.39, 0.29) is 5.56 Å². The minimum Gasteiger partial charge on any atom is -0.383 e. The molecule has 136 valence electrons. The maximum absolute atomic E-state index is 12.9. The van der Waals surface area contributed by atoms with E-state index in [1.807, 2.05) is 24.3 Å². The quantitative estimate of drug-likeness (QED) is 0.670. The van der Waals surface area contributed by atoms with Crippen molar-refractivity contribution in [2.24, 2.45) is 5.92 Å². The van der Waals surface area contributed by atoms with Crippen LogP contribution in [0.25, 0.3) is 20.7 Å². The summed E-state index contributed by atoms with van der Waals surface area (Å²) in [6, 6.07) is 12.2. The Morgan fingerprint density at radius 2 is 2.15 bits per heavy atom. The molecular weight excluding hydrogens is 346 g/mol. The topological polar surface area (TPSA) is 47.4 Å². The minimum atomic E-state index is 0.0810. The fourth-order valence-electron chi connectivity index (χ4n) is 3.58. The van der Waals surface area contributed by atoms with Gasteiger partial charge >= 0.3 is 0 Å². The second-order valence-corrected chi connectivity index (χ2v) is 7.89. The molecule has 1 fully saturated rings. The zero-order chi connectivity index (χ0) is 17.9. The summed E-state index contributed by atoms with van der Waals surface area (Å²) in [5.74, 6) is 0.498. The van der Waals surface area contributed by atoms with Crippen LogP contribution >= 0.6 is 11.3 Å². The highest BCUT2D eigenvalue weighted by atomic mass is 32.1. The molecule has 0 saturated carbocycles. The summed E-state index contributed by atoms with van der Waals surface area (Å²) in [6.07, 6.45) is 2.83. The average molecular weight is 369 g/mol. The lowest BCUT2D eigenvalue weighted by Crippen LogP contribution is -2.28. The van der Waals surface area contributed by atoms with Crippen LogP contribution < -0.4 is 5.56 Å². The van der Waals surface area contributed by atoms with E-state index in [0.717, 1.165) is 59.9 Å². The predicted octanol–water partition coefficient (Wildman–Crippen LogP) is 3.09. The number of ether oxygens (including phenoxy) is 1. The van der Waals surface area contributed by atoms with Crippen molar-refractivity contribution in [3.63, 3.8) is 0 Å². The van der Waals surface area contributed by atoms with Crippen LogP contribution in [0.2, 0.25) is 0 Å². The van der Waals surface area contributed by atoms with Gasteiger partial charge in [0, 0.05) is 31.6 Å². The van der Waals surface area contributed by atoms with Crippen LogP contribution in [0.3, 0.4) is 0 Å². The van der Waals surface area contributed by atoms with Crippen molar-refractivity contribution in [2.45, 2.75) is 13.0 Å². The van der Waals surface area contributed by atoms with Gasteiger partial charge in [-0.15, -0.1) is 11.3 Å². The summed E-state index contributed by atoms with van der Waals surface area (Å²) in [4.78, 5) is 21.0. The summed E-state index contributed by atoms with van der Waals surface area (Å²) in [7, 11) is 1.73. The molecule has 0 amide bonds. The number of nitrogens with zero attached hydrogens (tertiary/aromatic N) is 3. The summed E-state index contributed by atoms with van der Waals surface area (Å²) < 4.78 is 7.70. The molecule has 26 heavy (non-hydrogen) atoms. The molecule has 3 aromatic rings. The molecule has 3 heterocycles. The van der Waals surface area contributed by atoms with Crippen LogP contribution in [0.4, 0.5) is 0 Å². The van der Waals surface area contributed by atoms with Gasteiger partial charge in [0.15, 0.2) is 0 Å². The van der Waals surface area contributed by atoms with Gasteiger partial charge in [0.05, 0.1) is 18.5 Å². The summed E-state index contributed by atoms with van der Waals surface area (Å²) in [6.45, 7) is 4.56. The van der Waals surface area contributed by atoms with Crippen molar-refractivity contribution in [3.8, 4) is 10.4 Å². The molecule has 0 bridgehead atoms. The SMILES string of the molecule is COCCN1CCC(Cn2cnc3cc(-c4ccccc4)sc3c2=O)C1. The number of benzene rings is 1. The zero-order valence-electron chi connectivity index (χ0n) is 14.9. The number of hydrogen-bond acceptors (Lipinski definition) is 5. The van der Waals surface area contributed by atoms with Gasteiger partial charge in [-0.05, 0) is 30.5 Å². The average Bonchev–Trinajstić information content (AvgIpc) is 3.30. The van der Waals surface area contributed by atoms with Gasteiger partial charge in [-0.3, -0.25) is 9.36 Å². The Bertz CT molecular complexity index is 935. The van der Waals surface area contributed by atoms with Crippen LogP contribution in [0.5, 0.6) is 0 Å². The van der Waals surface area contributed by atoms with E-state index in [2.05, 4.69) is 22.0 Å². The Labute approximate surface area is 156 Å².